The smallest absolute Gasteiger partial charge is 0.270 e. The maximum Gasteiger partial charge on any atom is 0.270 e. The summed E-state index contributed by atoms with van der Waals surface area (Å²) >= 11 is 7.52. The lowest BCUT2D eigenvalue weighted by Crippen LogP contribution is -2.14. The molecule has 122 valence electrons. The average Bonchev–Trinajstić information content (AvgIpc) is 3.22. The van der Waals surface area contributed by atoms with E-state index in [4.69, 9.17) is 11.6 Å². The van der Waals surface area contributed by atoms with E-state index in [1.807, 2.05) is 5.38 Å². The lowest BCUT2D eigenvalue weighted by Gasteiger charge is -2.02. The molecule has 0 bridgehead atoms. The molecule has 1 aromatic carbocycles. The van der Waals surface area contributed by atoms with Gasteiger partial charge in [0.1, 0.15) is 0 Å². The number of thiazole rings is 1. The van der Waals surface area contributed by atoms with Gasteiger partial charge in [-0.25, -0.2) is 4.52 Å². The molecule has 8 nitrogen and oxygen atoms in total. The Labute approximate surface area is 144 Å². The Hall–Kier alpha value is -2.52. The zero-order chi connectivity index (χ0) is 16.8. The molecule has 1 saturated carbocycles. The zero-order valence-electron chi connectivity index (χ0n) is 12.1. The van der Waals surface area contributed by atoms with Crippen LogP contribution in [0.5, 0.6) is 0 Å². The molecule has 0 aliphatic heterocycles. The SMILES string of the molecule is O=C(Nc1nc2scc(-c3ccc([N+](=O)[O-])cc3Cl)n2n1)C1CC1. The molecule has 1 aliphatic rings. The molecule has 1 fully saturated rings. The van der Waals surface area contributed by atoms with Crippen LogP contribution >= 0.6 is 22.9 Å². The standard InChI is InChI=1S/C14H10ClN5O3S/c15-10-5-8(20(22)23)3-4-9(10)11-6-24-14-17-13(18-19(11)14)16-12(21)7-1-2-7/h3-7H,1-2H2,(H,16,18,21). The minimum atomic E-state index is -0.500. The van der Waals surface area contributed by atoms with Crippen molar-refractivity contribution in [3.63, 3.8) is 0 Å². The summed E-state index contributed by atoms with van der Waals surface area (Å²) in [6.45, 7) is 0. The van der Waals surface area contributed by atoms with E-state index in [-0.39, 0.29) is 28.5 Å². The second-order valence-electron chi connectivity index (χ2n) is 5.44. The van der Waals surface area contributed by atoms with E-state index in [1.54, 1.807) is 10.6 Å². The summed E-state index contributed by atoms with van der Waals surface area (Å²) in [5, 5.41) is 19.9. The molecule has 1 amide bonds. The molecule has 0 unspecified atom stereocenters. The molecular formula is C14H10ClN5O3S. The Bertz CT molecular complexity index is 978. The van der Waals surface area contributed by atoms with Crippen LogP contribution in [0.2, 0.25) is 5.02 Å². The van der Waals surface area contributed by atoms with Crippen LogP contribution in [-0.2, 0) is 4.79 Å². The van der Waals surface area contributed by atoms with Crippen LogP contribution in [0, 0.1) is 16.0 Å². The summed E-state index contributed by atoms with van der Waals surface area (Å²) < 4.78 is 1.57. The molecule has 2 aromatic heterocycles. The van der Waals surface area contributed by atoms with Gasteiger partial charge < -0.3 is 0 Å². The van der Waals surface area contributed by atoms with E-state index in [9.17, 15) is 14.9 Å². The van der Waals surface area contributed by atoms with Crippen molar-refractivity contribution in [2.75, 3.05) is 5.32 Å². The molecule has 1 N–H and O–H groups in total. The van der Waals surface area contributed by atoms with Crippen molar-refractivity contribution in [3.05, 3.63) is 38.7 Å². The van der Waals surface area contributed by atoms with E-state index < -0.39 is 4.92 Å². The van der Waals surface area contributed by atoms with E-state index in [2.05, 4.69) is 15.4 Å². The van der Waals surface area contributed by atoms with Crippen molar-refractivity contribution in [1.29, 1.82) is 0 Å². The van der Waals surface area contributed by atoms with Gasteiger partial charge in [0.15, 0.2) is 0 Å². The van der Waals surface area contributed by atoms with Crippen LogP contribution in [0.3, 0.4) is 0 Å². The third-order valence-electron chi connectivity index (χ3n) is 3.70. The largest absolute Gasteiger partial charge is 0.293 e. The van der Waals surface area contributed by atoms with Gasteiger partial charge in [-0.3, -0.25) is 20.2 Å². The second kappa shape index (κ2) is 5.53. The van der Waals surface area contributed by atoms with Crippen molar-refractivity contribution in [1.82, 2.24) is 14.6 Å². The maximum absolute atomic E-state index is 11.8. The highest BCUT2D eigenvalue weighted by Crippen LogP contribution is 2.34. The second-order valence-corrected chi connectivity index (χ2v) is 6.68. The molecule has 24 heavy (non-hydrogen) atoms. The number of fused-ring (bicyclic) bond motifs is 1. The lowest BCUT2D eigenvalue weighted by atomic mass is 10.1. The number of nitro benzene ring substituents is 1. The van der Waals surface area contributed by atoms with Crippen molar-refractivity contribution in [2.24, 2.45) is 5.92 Å². The summed E-state index contributed by atoms with van der Waals surface area (Å²) in [5.41, 5.74) is 1.19. The predicted molar refractivity (Wildman–Crippen MR) is 89.3 cm³/mol. The zero-order valence-corrected chi connectivity index (χ0v) is 13.7. The first kappa shape index (κ1) is 15.0. The number of nitrogens with one attached hydrogen (secondary N) is 1. The normalized spacial score (nSPS) is 14.0. The Balaban J connectivity index is 1.70. The minimum Gasteiger partial charge on any atom is -0.293 e. The number of aromatic nitrogens is 3. The monoisotopic (exact) mass is 363 g/mol. The molecule has 0 saturated heterocycles. The van der Waals surface area contributed by atoms with Gasteiger partial charge >= 0.3 is 0 Å². The van der Waals surface area contributed by atoms with Gasteiger partial charge in [-0.2, -0.15) is 4.98 Å². The first-order chi connectivity index (χ1) is 11.5. The first-order valence-corrected chi connectivity index (χ1v) is 8.38. The van der Waals surface area contributed by atoms with Crippen molar-refractivity contribution < 1.29 is 9.72 Å². The van der Waals surface area contributed by atoms with Crippen molar-refractivity contribution in [3.8, 4) is 11.3 Å². The maximum atomic E-state index is 11.8. The fraction of sp³-hybridized carbons (Fsp3) is 0.214. The highest BCUT2D eigenvalue weighted by molar-refractivity contribution is 7.15. The van der Waals surface area contributed by atoms with Gasteiger partial charge in [-0.15, -0.1) is 16.4 Å². The number of halogens is 1. The Morgan fingerprint density at radius 2 is 2.25 bits per heavy atom. The summed E-state index contributed by atoms with van der Waals surface area (Å²) in [6, 6.07) is 4.26. The van der Waals surface area contributed by atoms with Gasteiger partial charge in [0.25, 0.3) is 5.69 Å². The number of amides is 1. The molecule has 0 spiro atoms. The van der Waals surface area contributed by atoms with Crippen LogP contribution in [-0.4, -0.2) is 25.4 Å². The molecule has 1 aliphatic carbocycles. The number of non-ortho nitro benzene ring substituents is 1. The average molecular weight is 364 g/mol. The number of carbonyl (C=O) groups is 1. The summed E-state index contributed by atoms with van der Waals surface area (Å²) in [6.07, 6.45) is 1.80. The van der Waals surface area contributed by atoms with Gasteiger partial charge in [-0.05, 0) is 18.9 Å². The highest BCUT2D eigenvalue weighted by Gasteiger charge is 2.30. The van der Waals surface area contributed by atoms with Crippen LogP contribution < -0.4 is 5.32 Å². The third kappa shape index (κ3) is 2.61. The first-order valence-electron chi connectivity index (χ1n) is 7.12. The highest BCUT2D eigenvalue weighted by atomic mass is 35.5. The summed E-state index contributed by atoms with van der Waals surface area (Å²) in [7, 11) is 0. The Morgan fingerprint density at radius 3 is 2.92 bits per heavy atom. The number of anilines is 1. The van der Waals surface area contributed by atoms with Gasteiger partial charge in [0.2, 0.25) is 16.8 Å². The Morgan fingerprint density at radius 1 is 1.46 bits per heavy atom. The van der Waals surface area contributed by atoms with Crippen molar-refractivity contribution >= 4 is 45.4 Å². The molecule has 2 heterocycles. The summed E-state index contributed by atoms with van der Waals surface area (Å²) in [4.78, 5) is 27.0. The fourth-order valence-corrected chi connectivity index (χ4v) is 3.40. The van der Waals surface area contributed by atoms with E-state index in [0.717, 1.165) is 12.8 Å². The number of nitro groups is 1. The number of carbonyl (C=O) groups excluding carboxylic acids is 1. The molecular weight excluding hydrogens is 354 g/mol. The van der Waals surface area contributed by atoms with Crippen LogP contribution in [0.25, 0.3) is 16.2 Å². The fourth-order valence-electron chi connectivity index (χ4n) is 2.30. The molecule has 3 aromatic rings. The lowest BCUT2D eigenvalue weighted by molar-refractivity contribution is -0.384. The Kier molecular flexibility index (Phi) is 3.47. The molecule has 0 atom stereocenters. The quantitative estimate of drug-likeness (QED) is 0.565. The minimum absolute atomic E-state index is 0.0649. The van der Waals surface area contributed by atoms with Crippen LogP contribution in [0.1, 0.15) is 12.8 Å². The van der Waals surface area contributed by atoms with Gasteiger partial charge in [0.05, 0.1) is 15.6 Å². The van der Waals surface area contributed by atoms with E-state index in [0.29, 0.717) is 16.2 Å². The van der Waals surface area contributed by atoms with Crippen molar-refractivity contribution in [2.45, 2.75) is 12.8 Å². The van der Waals surface area contributed by atoms with E-state index in [1.165, 1.54) is 23.5 Å². The van der Waals surface area contributed by atoms with Crippen LogP contribution in [0.4, 0.5) is 11.6 Å². The van der Waals surface area contributed by atoms with Gasteiger partial charge in [0, 0.05) is 29.0 Å². The molecule has 0 radical (unpaired) electrons. The van der Waals surface area contributed by atoms with E-state index >= 15 is 0 Å². The number of hydrogen-bond donors (Lipinski definition) is 1. The summed E-state index contributed by atoms with van der Waals surface area (Å²) in [5.74, 6) is 0.247. The number of rotatable bonds is 4. The third-order valence-corrected chi connectivity index (χ3v) is 4.83. The molecule has 10 heteroatoms. The van der Waals surface area contributed by atoms with Crippen LogP contribution in [0.15, 0.2) is 23.6 Å². The molecule has 4 rings (SSSR count). The number of benzene rings is 1. The van der Waals surface area contributed by atoms with Gasteiger partial charge in [-0.1, -0.05) is 11.6 Å². The predicted octanol–water partition coefficient (Wildman–Crippen LogP) is 3.37. The topological polar surface area (TPSA) is 102 Å². The number of nitrogens with zero attached hydrogens (tertiary/aromatic N) is 4. The number of hydrogen-bond acceptors (Lipinski definition) is 6.